The number of aryl methyl sites for hydroxylation is 1. The highest BCUT2D eigenvalue weighted by Crippen LogP contribution is 2.41. The molecule has 0 amide bonds. The van der Waals surface area contributed by atoms with Crippen molar-refractivity contribution in [1.82, 2.24) is 28.7 Å². The average molecular weight is 407 g/mol. The van der Waals surface area contributed by atoms with Gasteiger partial charge in [0, 0.05) is 36.2 Å². The molecule has 0 spiro atoms. The first-order chi connectivity index (χ1) is 15.2. The third-order valence-electron chi connectivity index (χ3n) is 6.51. The Morgan fingerprint density at radius 2 is 1.97 bits per heavy atom. The second-order valence-corrected chi connectivity index (χ2v) is 8.31. The molecular weight excluding hydrogens is 386 g/mol. The Kier molecular flexibility index (Phi) is 3.93. The molecule has 152 valence electrons. The van der Waals surface area contributed by atoms with E-state index in [2.05, 4.69) is 73.3 Å². The molecule has 1 aliphatic rings. The Labute approximate surface area is 179 Å². The lowest BCUT2D eigenvalue weighted by Crippen LogP contribution is -2.05. The van der Waals surface area contributed by atoms with Gasteiger partial charge in [0.1, 0.15) is 11.9 Å². The van der Waals surface area contributed by atoms with Crippen LogP contribution in [0, 0.1) is 18.3 Å². The summed E-state index contributed by atoms with van der Waals surface area (Å²) < 4.78 is 6.47. The van der Waals surface area contributed by atoms with Gasteiger partial charge in [0.25, 0.3) is 0 Å². The molecule has 1 saturated carbocycles. The van der Waals surface area contributed by atoms with Crippen molar-refractivity contribution in [3.05, 3.63) is 78.1 Å². The molecule has 0 unspecified atom stereocenters. The summed E-state index contributed by atoms with van der Waals surface area (Å²) in [7, 11) is 0. The number of rotatable bonds is 3. The van der Waals surface area contributed by atoms with Crippen molar-refractivity contribution in [3.63, 3.8) is 0 Å². The molecule has 0 radical (unpaired) electrons. The number of hydrogen-bond acceptors (Lipinski definition) is 4. The van der Waals surface area contributed by atoms with Crippen LogP contribution in [0.25, 0.3) is 22.5 Å². The van der Waals surface area contributed by atoms with E-state index < -0.39 is 0 Å². The standard InChI is InChI=1S/C24H21N7/c1-16-4-2-3-5-20(16)30-11-9-21-24(30)26-14-22-27-28-23(31(21)22)18-6-7-19(12-18)29-10-8-17(13-25)15-29/h2-5,8-11,14-15,18-19H,6-7,12H2,1H3/t18-,19+/m1/s1. The van der Waals surface area contributed by atoms with Crippen LogP contribution in [0.15, 0.2) is 61.2 Å². The summed E-state index contributed by atoms with van der Waals surface area (Å²) in [6.45, 7) is 2.11. The normalized spacial score (nSPS) is 18.7. The fourth-order valence-electron chi connectivity index (χ4n) is 4.94. The molecule has 1 aliphatic carbocycles. The van der Waals surface area contributed by atoms with Crippen LogP contribution in [-0.2, 0) is 0 Å². The van der Waals surface area contributed by atoms with Crippen LogP contribution in [0.3, 0.4) is 0 Å². The summed E-state index contributed by atoms with van der Waals surface area (Å²) in [6, 6.07) is 14.9. The lowest BCUT2D eigenvalue weighted by molar-refractivity contribution is 0.508. The smallest absolute Gasteiger partial charge is 0.179 e. The van der Waals surface area contributed by atoms with Crippen LogP contribution < -0.4 is 0 Å². The largest absolute Gasteiger partial charge is 0.350 e. The monoisotopic (exact) mass is 407 g/mol. The van der Waals surface area contributed by atoms with Crippen molar-refractivity contribution in [2.24, 2.45) is 0 Å². The maximum absolute atomic E-state index is 9.12. The quantitative estimate of drug-likeness (QED) is 0.439. The van der Waals surface area contributed by atoms with E-state index in [4.69, 9.17) is 10.2 Å². The van der Waals surface area contributed by atoms with Gasteiger partial charge in [-0.1, -0.05) is 18.2 Å². The number of para-hydroxylation sites is 1. The fourth-order valence-corrected chi connectivity index (χ4v) is 4.94. The van der Waals surface area contributed by atoms with E-state index in [9.17, 15) is 0 Å². The first kappa shape index (κ1) is 17.9. The zero-order valence-electron chi connectivity index (χ0n) is 17.2. The Morgan fingerprint density at radius 1 is 1.06 bits per heavy atom. The minimum absolute atomic E-state index is 0.320. The van der Waals surface area contributed by atoms with Crippen molar-refractivity contribution in [1.29, 1.82) is 5.26 Å². The fraction of sp³-hybridized carbons (Fsp3) is 0.250. The SMILES string of the molecule is Cc1ccccc1-n1ccc2c1ncc1nnc([C@@H]3CC[C@H](n4ccc(C#N)c4)C3)n12. The van der Waals surface area contributed by atoms with Crippen LogP contribution in [0.2, 0.25) is 0 Å². The maximum Gasteiger partial charge on any atom is 0.179 e. The topological polar surface area (TPSA) is 76.7 Å². The van der Waals surface area contributed by atoms with E-state index in [0.29, 0.717) is 17.5 Å². The van der Waals surface area contributed by atoms with Crippen LogP contribution >= 0.6 is 0 Å². The predicted octanol–water partition coefficient (Wildman–Crippen LogP) is 4.56. The molecule has 5 aromatic rings. The summed E-state index contributed by atoms with van der Waals surface area (Å²) in [5, 5.41) is 18.1. The molecule has 1 fully saturated rings. The van der Waals surface area contributed by atoms with E-state index in [0.717, 1.165) is 47.6 Å². The predicted molar refractivity (Wildman–Crippen MR) is 117 cm³/mol. The summed E-state index contributed by atoms with van der Waals surface area (Å²) >= 11 is 0. The molecule has 0 bridgehead atoms. The summed E-state index contributed by atoms with van der Waals surface area (Å²) in [5.41, 5.74) is 5.75. The molecule has 0 N–H and O–H groups in total. The number of benzene rings is 1. The number of aromatic nitrogens is 6. The third kappa shape index (κ3) is 2.76. The van der Waals surface area contributed by atoms with Gasteiger partial charge in [-0.3, -0.25) is 8.97 Å². The van der Waals surface area contributed by atoms with Crippen molar-refractivity contribution in [3.8, 4) is 11.8 Å². The molecule has 7 heteroatoms. The van der Waals surface area contributed by atoms with Crippen molar-refractivity contribution in [2.75, 3.05) is 0 Å². The Balaban J connectivity index is 1.41. The number of nitriles is 1. The van der Waals surface area contributed by atoms with E-state index in [-0.39, 0.29) is 0 Å². The lowest BCUT2D eigenvalue weighted by atomic mass is 10.1. The number of fused-ring (bicyclic) bond motifs is 3. The zero-order chi connectivity index (χ0) is 20.9. The van der Waals surface area contributed by atoms with Crippen molar-refractivity contribution >= 4 is 16.8 Å². The van der Waals surface area contributed by atoms with E-state index in [1.807, 2.05) is 24.7 Å². The number of hydrogen-bond donors (Lipinski definition) is 0. The van der Waals surface area contributed by atoms with E-state index in [1.165, 1.54) is 5.56 Å². The molecule has 31 heavy (non-hydrogen) atoms. The lowest BCUT2D eigenvalue weighted by Gasteiger charge is -2.13. The van der Waals surface area contributed by atoms with Gasteiger partial charge in [0.2, 0.25) is 0 Å². The molecule has 4 aromatic heterocycles. The Morgan fingerprint density at radius 3 is 2.81 bits per heavy atom. The molecule has 7 nitrogen and oxygen atoms in total. The van der Waals surface area contributed by atoms with Gasteiger partial charge in [0.15, 0.2) is 11.3 Å². The van der Waals surface area contributed by atoms with Gasteiger partial charge in [-0.25, -0.2) is 4.98 Å². The van der Waals surface area contributed by atoms with Gasteiger partial charge in [0.05, 0.1) is 17.3 Å². The van der Waals surface area contributed by atoms with Gasteiger partial charge >= 0.3 is 0 Å². The Bertz CT molecular complexity index is 1460. The Hall–Kier alpha value is -3.92. The van der Waals surface area contributed by atoms with Crippen LogP contribution in [0.5, 0.6) is 0 Å². The van der Waals surface area contributed by atoms with Gasteiger partial charge in [-0.15, -0.1) is 10.2 Å². The minimum atomic E-state index is 0.320. The van der Waals surface area contributed by atoms with Crippen LogP contribution in [-0.4, -0.2) is 28.7 Å². The molecule has 4 heterocycles. The first-order valence-corrected chi connectivity index (χ1v) is 10.6. The highest BCUT2D eigenvalue weighted by Gasteiger charge is 2.31. The van der Waals surface area contributed by atoms with Crippen molar-refractivity contribution in [2.45, 2.75) is 38.1 Å². The van der Waals surface area contributed by atoms with Crippen LogP contribution in [0.4, 0.5) is 0 Å². The molecule has 0 saturated heterocycles. The second kappa shape index (κ2) is 6.81. The van der Waals surface area contributed by atoms with Gasteiger partial charge in [-0.05, 0) is 49.9 Å². The summed E-state index contributed by atoms with van der Waals surface area (Å²) in [4.78, 5) is 4.71. The highest BCUT2D eigenvalue weighted by molar-refractivity contribution is 5.77. The summed E-state index contributed by atoms with van der Waals surface area (Å²) in [5.74, 6) is 1.32. The van der Waals surface area contributed by atoms with Crippen LogP contribution in [0.1, 0.15) is 48.2 Å². The molecule has 2 atom stereocenters. The highest BCUT2D eigenvalue weighted by atomic mass is 15.3. The average Bonchev–Trinajstić information content (AvgIpc) is 3.58. The van der Waals surface area contributed by atoms with Crippen molar-refractivity contribution < 1.29 is 0 Å². The number of nitrogens with zero attached hydrogens (tertiary/aromatic N) is 7. The molecule has 0 aliphatic heterocycles. The molecular formula is C24H21N7. The van der Waals surface area contributed by atoms with E-state index in [1.54, 1.807) is 0 Å². The van der Waals surface area contributed by atoms with Gasteiger partial charge in [-0.2, -0.15) is 5.26 Å². The first-order valence-electron chi connectivity index (χ1n) is 10.6. The zero-order valence-corrected chi connectivity index (χ0v) is 17.2. The minimum Gasteiger partial charge on any atom is -0.350 e. The molecule has 6 rings (SSSR count). The summed E-state index contributed by atoms with van der Waals surface area (Å²) in [6.07, 6.45) is 10.9. The second-order valence-electron chi connectivity index (χ2n) is 8.31. The molecule has 1 aromatic carbocycles. The van der Waals surface area contributed by atoms with Gasteiger partial charge < -0.3 is 4.57 Å². The third-order valence-corrected chi connectivity index (χ3v) is 6.51. The maximum atomic E-state index is 9.12. The van der Waals surface area contributed by atoms with E-state index >= 15 is 0 Å².